The van der Waals surface area contributed by atoms with E-state index in [1.54, 1.807) is 0 Å². The number of nitrogens with zero attached hydrogens (tertiary/aromatic N) is 1. The Balaban J connectivity index is 1.73. The number of rotatable bonds is 3. The number of benzene rings is 2. The van der Waals surface area contributed by atoms with E-state index in [9.17, 15) is 4.79 Å². The molecule has 0 saturated carbocycles. The lowest BCUT2D eigenvalue weighted by Crippen LogP contribution is -2.07. The number of carbonyl (C=O) groups is 1. The third-order valence-corrected chi connectivity index (χ3v) is 2.80. The molecule has 0 fully saturated rings. The van der Waals surface area contributed by atoms with E-state index < -0.39 is 5.97 Å². The number of ether oxygens (including phenoxy) is 1. The van der Waals surface area contributed by atoms with E-state index in [0.29, 0.717) is 0 Å². The second-order valence-electron chi connectivity index (χ2n) is 4.16. The summed E-state index contributed by atoms with van der Waals surface area (Å²) in [5, 5.41) is 0. The normalized spacial score (nSPS) is 10.5. The molecule has 94 valence electrons. The molecule has 0 radical (unpaired) electrons. The Morgan fingerprint density at radius 3 is 2.58 bits per heavy atom. The van der Waals surface area contributed by atoms with Gasteiger partial charge in [-0.2, -0.15) is 0 Å². The molecule has 0 bridgehead atoms. The molecule has 0 unspecified atom stereocenters. The van der Waals surface area contributed by atoms with Crippen LogP contribution in [0.2, 0.25) is 0 Å². The predicted molar refractivity (Wildman–Crippen MR) is 71.7 cm³/mol. The lowest BCUT2D eigenvalue weighted by atomic mass is 10.2. The average Bonchev–Trinajstić information content (AvgIpc) is 2.90. The SMILES string of the molecule is O=C(OCc1ccccc1)c1nc2ccccc2[nH]1. The molecule has 2 aromatic carbocycles. The van der Waals surface area contributed by atoms with Gasteiger partial charge in [0.15, 0.2) is 0 Å². The summed E-state index contributed by atoms with van der Waals surface area (Å²) in [5.41, 5.74) is 2.54. The zero-order chi connectivity index (χ0) is 13.1. The third kappa shape index (κ3) is 2.47. The summed E-state index contributed by atoms with van der Waals surface area (Å²) in [7, 11) is 0. The van der Waals surface area contributed by atoms with Crippen molar-refractivity contribution in [2.75, 3.05) is 0 Å². The van der Waals surface area contributed by atoms with Gasteiger partial charge in [-0.25, -0.2) is 9.78 Å². The highest BCUT2D eigenvalue weighted by molar-refractivity contribution is 5.90. The van der Waals surface area contributed by atoms with Crippen molar-refractivity contribution < 1.29 is 9.53 Å². The largest absolute Gasteiger partial charge is 0.455 e. The number of imidazole rings is 1. The molecule has 19 heavy (non-hydrogen) atoms. The summed E-state index contributed by atoms with van der Waals surface area (Å²) in [5.74, 6) is -0.211. The molecule has 0 aliphatic carbocycles. The maximum atomic E-state index is 11.9. The van der Waals surface area contributed by atoms with Crippen LogP contribution < -0.4 is 0 Å². The Bertz CT molecular complexity index is 671. The number of H-pyrrole nitrogens is 1. The van der Waals surface area contributed by atoms with Gasteiger partial charge in [0.1, 0.15) is 6.61 Å². The van der Waals surface area contributed by atoms with E-state index in [0.717, 1.165) is 16.6 Å². The molecule has 0 aliphatic rings. The van der Waals surface area contributed by atoms with E-state index in [1.807, 2.05) is 54.6 Å². The van der Waals surface area contributed by atoms with Crippen molar-refractivity contribution in [1.82, 2.24) is 9.97 Å². The van der Waals surface area contributed by atoms with Crippen LogP contribution in [0.25, 0.3) is 11.0 Å². The Labute approximate surface area is 110 Å². The third-order valence-electron chi connectivity index (χ3n) is 2.80. The van der Waals surface area contributed by atoms with Gasteiger partial charge in [0.05, 0.1) is 11.0 Å². The van der Waals surface area contributed by atoms with Gasteiger partial charge in [0, 0.05) is 0 Å². The molecule has 0 aliphatic heterocycles. The smallest absolute Gasteiger partial charge is 0.374 e. The number of fused-ring (bicyclic) bond motifs is 1. The van der Waals surface area contributed by atoms with Crippen LogP contribution >= 0.6 is 0 Å². The molecule has 0 spiro atoms. The minimum Gasteiger partial charge on any atom is -0.455 e. The number of para-hydroxylation sites is 2. The van der Waals surface area contributed by atoms with Crippen molar-refractivity contribution in [1.29, 1.82) is 0 Å². The minimum absolute atomic E-state index is 0.233. The van der Waals surface area contributed by atoms with Gasteiger partial charge in [-0.15, -0.1) is 0 Å². The molecular weight excluding hydrogens is 240 g/mol. The number of aromatic nitrogens is 2. The average molecular weight is 252 g/mol. The van der Waals surface area contributed by atoms with Gasteiger partial charge in [-0.1, -0.05) is 42.5 Å². The molecule has 1 aromatic heterocycles. The van der Waals surface area contributed by atoms with E-state index in [4.69, 9.17) is 4.74 Å². The van der Waals surface area contributed by atoms with Crippen LogP contribution in [0.5, 0.6) is 0 Å². The first-order chi connectivity index (χ1) is 9.33. The van der Waals surface area contributed by atoms with Crippen LogP contribution in [0.4, 0.5) is 0 Å². The summed E-state index contributed by atoms with van der Waals surface area (Å²) in [6.07, 6.45) is 0. The number of nitrogens with one attached hydrogen (secondary N) is 1. The highest BCUT2D eigenvalue weighted by Crippen LogP contribution is 2.11. The second kappa shape index (κ2) is 4.94. The minimum atomic E-state index is -0.444. The summed E-state index contributed by atoms with van der Waals surface area (Å²) < 4.78 is 5.21. The van der Waals surface area contributed by atoms with Crippen LogP contribution in [-0.2, 0) is 11.3 Å². The number of esters is 1. The zero-order valence-electron chi connectivity index (χ0n) is 10.2. The molecule has 3 aromatic rings. The zero-order valence-corrected chi connectivity index (χ0v) is 10.2. The first-order valence-electron chi connectivity index (χ1n) is 5.99. The second-order valence-corrected chi connectivity index (χ2v) is 4.16. The molecule has 0 amide bonds. The number of aromatic amines is 1. The quantitative estimate of drug-likeness (QED) is 0.729. The van der Waals surface area contributed by atoms with Crippen molar-refractivity contribution in [3.05, 3.63) is 66.0 Å². The van der Waals surface area contributed by atoms with Gasteiger partial charge in [0.2, 0.25) is 5.82 Å². The number of hydrogen-bond donors (Lipinski definition) is 1. The standard InChI is InChI=1S/C15H12N2O2/c18-15(19-10-11-6-2-1-3-7-11)14-16-12-8-4-5-9-13(12)17-14/h1-9H,10H2,(H,16,17). The lowest BCUT2D eigenvalue weighted by molar-refractivity contribution is 0.0460. The fraction of sp³-hybridized carbons (Fsp3) is 0.0667. The highest BCUT2D eigenvalue weighted by Gasteiger charge is 2.12. The van der Waals surface area contributed by atoms with Crippen LogP contribution in [0.3, 0.4) is 0 Å². The Kier molecular flexibility index (Phi) is 2.98. The van der Waals surface area contributed by atoms with E-state index in [-0.39, 0.29) is 12.4 Å². The monoisotopic (exact) mass is 252 g/mol. The fourth-order valence-corrected chi connectivity index (χ4v) is 1.84. The summed E-state index contributed by atoms with van der Waals surface area (Å²) in [6, 6.07) is 17.0. The Hall–Kier alpha value is -2.62. The van der Waals surface area contributed by atoms with Gasteiger partial charge >= 0.3 is 5.97 Å². The molecular formula is C15H12N2O2. The maximum Gasteiger partial charge on any atom is 0.374 e. The molecule has 0 atom stereocenters. The molecule has 4 nitrogen and oxygen atoms in total. The molecule has 4 heteroatoms. The molecule has 1 heterocycles. The van der Waals surface area contributed by atoms with Gasteiger partial charge in [-0.05, 0) is 17.7 Å². The van der Waals surface area contributed by atoms with E-state index in [1.165, 1.54) is 0 Å². The van der Waals surface area contributed by atoms with Crippen molar-refractivity contribution in [3.8, 4) is 0 Å². The topological polar surface area (TPSA) is 55.0 Å². The molecule has 3 rings (SSSR count). The van der Waals surface area contributed by atoms with Gasteiger partial charge < -0.3 is 9.72 Å². The lowest BCUT2D eigenvalue weighted by Gasteiger charge is -2.02. The van der Waals surface area contributed by atoms with Crippen molar-refractivity contribution in [3.63, 3.8) is 0 Å². The molecule has 1 N–H and O–H groups in total. The predicted octanol–water partition coefficient (Wildman–Crippen LogP) is 2.92. The first-order valence-corrected chi connectivity index (χ1v) is 5.99. The summed E-state index contributed by atoms with van der Waals surface area (Å²) >= 11 is 0. The van der Waals surface area contributed by atoms with Crippen LogP contribution in [-0.4, -0.2) is 15.9 Å². The van der Waals surface area contributed by atoms with E-state index >= 15 is 0 Å². The summed E-state index contributed by atoms with van der Waals surface area (Å²) in [6.45, 7) is 0.247. The Morgan fingerprint density at radius 2 is 1.79 bits per heavy atom. The maximum absolute atomic E-state index is 11.9. The first kappa shape index (κ1) is 11.5. The van der Waals surface area contributed by atoms with Gasteiger partial charge in [0.25, 0.3) is 0 Å². The van der Waals surface area contributed by atoms with Crippen LogP contribution in [0, 0.1) is 0 Å². The van der Waals surface area contributed by atoms with Crippen LogP contribution in [0.15, 0.2) is 54.6 Å². The Morgan fingerprint density at radius 1 is 1.05 bits per heavy atom. The number of carbonyl (C=O) groups excluding carboxylic acids is 1. The fourth-order valence-electron chi connectivity index (χ4n) is 1.84. The number of hydrogen-bond acceptors (Lipinski definition) is 3. The van der Waals surface area contributed by atoms with Gasteiger partial charge in [-0.3, -0.25) is 0 Å². The van der Waals surface area contributed by atoms with Crippen molar-refractivity contribution in [2.45, 2.75) is 6.61 Å². The van der Waals surface area contributed by atoms with E-state index in [2.05, 4.69) is 9.97 Å². The summed E-state index contributed by atoms with van der Waals surface area (Å²) in [4.78, 5) is 19.0. The van der Waals surface area contributed by atoms with Crippen LogP contribution in [0.1, 0.15) is 16.2 Å². The van der Waals surface area contributed by atoms with Crippen molar-refractivity contribution >= 4 is 17.0 Å². The molecule has 0 saturated heterocycles. The van der Waals surface area contributed by atoms with Crippen molar-refractivity contribution in [2.24, 2.45) is 0 Å². The highest BCUT2D eigenvalue weighted by atomic mass is 16.5.